The second-order valence-corrected chi connectivity index (χ2v) is 15.8. The van der Waals surface area contributed by atoms with Crippen molar-refractivity contribution in [3.8, 4) is 11.1 Å². The molecule has 2 heteroatoms. The molecule has 0 saturated heterocycles. The Morgan fingerprint density at radius 2 is 1.18 bits per heavy atom. The smallest absolute Gasteiger partial charge is 0.0540 e. The minimum absolute atomic E-state index is 0.427. The van der Waals surface area contributed by atoms with E-state index in [2.05, 4.69) is 236 Å². The van der Waals surface area contributed by atoms with Crippen molar-refractivity contribution in [2.24, 2.45) is 5.92 Å². The Kier molecular flexibility index (Phi) is 10.3. The lowest BCUT2D eigenvalue weighted by molar-refractivity contribution is 0.775. The van der Waals surface area contributed by atoms with Gasteiger partial charge in [0.25, 0.3) is 0 Å². The van der Waals surface area contributed by atoms with Crippen molar-refractivity contribution in [3.63, 3.8) is 0 Å². The first-order valence-electron chi connectivity index (χ1n) is 21.3. The number of hydrogen-bond donors (Lipinski definition) is 0. The Labute approximate surface area is 364 Å². The van der Waals surface area contributed by atoms with Gasteiger partial charge in [-0.2, -0.15) is 0 Å². The maximum absolute atomic E-state index is 4.41. The topological polar surface area (TPSA) is 6.48 Å². The number of anilines is 5. The van der Waals surface area contributed by atoms with Gasteiger partial charge in [0.2, 0.25) is 0 Å². The summed E-state index contributed by atoms with van der Waals surface area (Å²) in [4.78, 5) is 4.67. The van der Waals surface area contributed by atoms with E-state index in [1.807, 2.05) is 18.2 Å². The van der Waals surface area contributed by atoms with E-state index in [1.54, 1.807) is 0 Å². The van der Waals surface area contributed by atoms with Gasteiger partial charge < -0.3 is 9.80 Å². The summed E-state index contributed by atoms with van der Waals surface area (Å²) in [5, 5.41) is 7.20. The number of nitrogens with zero attached hydrogens (tertiary/aromatic N) is 2. The molecule has 8 aromatic carbocycles. The zero-order valence-electron chi connectivity index (χ0n) is 34.7. The summed E-state index contributed by atoms with van der Waals surface area (Å²) in [6.45, 7) is 13.1. The predicted octanol–water partition coefficient (Wildman–Crippen LogP) is 16.8. The van der Waals surface area contributed by atoms with Gasteiger partial charge in [0.15, 0.2) is 0 Å². The van der Waals surface area contributed by atoms with Crippen molar-refractivity contribution >= 4 is 72.9 Å². The summed E-state index contributed by atoms with van der Waals surface area (Å²) in [5.41, 5.74) is 13.0. The van der Waals surface area contributed by atoms with Crippen LogP contribution < -0.4 is 9.80 Å². The molecule has 2 aliphatic carbocycles. The van der Waals surface area contributed by atoms with E-state index in [-0.39, 0.29) is 0 Å². The monoisotopic (exact) mass is 794 g/mol. The number of hydrogen-bond acceptors (Lipinski definition) is 2. The van der Waals surface area contributed by atoms with E-state index >= 15 is 0 Å². The van der Waals surface area contributed by atoms with Gasteiger partial charge >= 0.3 is 0 Å². The molecule has 8 aromatic rings. The summed E-state index contributed by atoms with van der Waals surface area (Å²) in [7, 11) is 0. The molecular weight excluding hydrogens is 749 g/mol. The van der Waals surface area contributed by atoms with E-state index in [0.717, 1.165) is 73.6 Å². The highest BCUT2D eigenvalue weighted by Gasteiger charge is 2.23. The third-order valence-electron chi connectivity index (χ3n) is 12.2. The largest absolute Gasteiger partial charge is 0.310 e. The standard InChI is InChI=1S/C60H46N2/c1-4-49(38-42-29-30-43-19-13-14-20-44(43)37-42)61(50-23-9-7-10-24-50)59-35-33-56(53(5-2)54(59)6-3)57-34-36-60(58-28-18-17-27-55(57)58)62(51-25-11-8-12-26-51)52-32-31-47-39-45-21-15-16-22-46(45)40-48(47)41-52/h4-29,31-41,43H,1-3,30H2. The number of rotatable bonds is 11. The molecular formula is C60H46N2. The number of allylic oxidation sites excluding steroid dienone is 10. The molecule has 2 aliphatic rings. The van der Waals surface area contributed by atoms with Gasteiger partial charge in [0.05, 0.1) is 11.4 Å². The molecule has 2 nitrogen and oxygen atoms in total. The molecule has 0 radical (unpaired) electrons. The second-order valence-electron chi connectivity index (χ2n) is 15.8. The number of fused-ring (bicyclic) bond motifs is 4. The van der Waals surface area contributed by atoms with Gasteiger partial charge in [0.1, 0.15) is 0 Å². The Morgan fingerprint density at radius 1 is 0.532 bits per heavy atom. The van der Waals surface area contributed by atoms with E-state index in [4.69, 9.17) is 0 Å². The van der Waals surface area contributed by atoms with Gasteiger partial charge in [-0.05, 0) is 134 Å². The molecule has 0 aliphatic heterocycles. The first kappa shape index (κ1) is 38.3. The summed E-state index contributed by atoms with van der Waals surface area (Å²) >= 11 is 0. The number of benzene rings is 8. The van der Waals surface area contributed by atoms with E-state index in [1.165, 1.54) is 32.7 Å². The van der Waals surface area contributed by atoms with Crippen molar-refractivity contribution in [1.82, 2.24) is 0 Å². The average molecular weight is 795 g/mol. The van der Waals surface area contributed by atoms with Gasteiger partial charge in [-0.15, -0.1) is 0 Å². The van der Waals surface area contributed by atoms with Crippen LogP contribution in [0.15, 0.2) is 249 Å². The van der Waals surface area contributed by atoms with Crippen LogP contribution in [0.1, 0.15) is 17.5 Å². The Hall–Kier alpha value is -7.94. The molecule has 0 heterocycles. The minimum atomic E-state index is 0.427. The van der Waals surface area contributed by atoms with E-state index in [9.17, 15) is 0 Å². The summed E-state index contributed by atoms with van der Waals surface area (Å²) in [5.74, 6) is 0.427. The molecule has 0 saturated carbocycles. The summed E-state index contributed by atoms with van der Waals surface area (Å²) in [6.07, 6.45) is 22.5. The highest BCUT2D eigenvalue weighted by molar-refractivity contribution is 6.08. The van der Waals surface area contributed by atoms with Crippen LogP contribution in [0.4, 0.5) is 28.4 Å². The molecule has 62 heavy (non-hydrogen) atoms. The lowest BCUT2D eigenvalue weighted by atomic mass is 9.85. The lowest BCUT2D eigenvalue weighted by Gasteiger charge is -2.30. The SMILES string of the molecule is C=CC(=CC1=CCC2C=CC=CC2=C1)N(c1ccccc1)c1ccc(-c2ccc(N(c3ccccc3)c3ccc4cc5ccccc5cc4c3)c3ccccc23)c(C=C)c1C=C. The molecule has 0 fully saturated rings. The maximum atomic E-state index is 4.41. The summed E-state index contributed by atoms with van der Waals surface area (Å²) < 4.78 is 0. The highest BCUT2D eigenvalue weighted by atomic mass is 15.2. The second kappa shape index (κ2) is 16.6. The predicted molar refractivity (Wildman–Crippen MR) is 269 cm³/mol. The molecule has 0 amide bonds. The van der Waals surface area contributed by atoms with Crippen molar-refractivity contribution < 1.29 is 0 Å². The van der Waals surface area contributed by atoms with Crippen molar-refractivity contribution in [2.45, 2.75) is 6.42 Å². The van der Waals surface area contributed by atoms with Crippen molar-refractivity contribution in [1.29, 1.82) is 0 Å². The first-order valence-corrected chi connectivity index (χ1v) is 21.3. The fraction of sp³-hybridized carbons (Fsp3) is 0.0333. The van der Waals surface area contributed by atoms with Gasteiger partial charge in [-0.3, -0.25) is 0 Å². The van der Waals surface area contributed by atoms with Crippen LogP contribution in [0, 0.1) is 5.92 Å². The third-order valence-corrected chi connectivity index (χ3v) is 12.2. The molecule has 0 spiro atoms. The third kappa shape index (κ3) is 7.02. The van der Waals surface area contributed by atoms with Crippen LogP contribution in [0.5, 0.6) is 0 Å². The van der Waals surface area contributed by atoms with Crippen LogP contribution in [0.2, 0.25) is 0 Å². The maximum Gasteiger partial charge on any atom is 0.0540 e. The molecule has 10 rings (SSSR count). The minimum Gasteiger partial charge on any atom is -0.310 e. The van der Waals surface area contributed by atoms with E-state index < -0.39 is 0 Å². The zero-order chi connectivity index (χ0) is 42.0. The van der Waals surface area contributed by atoms with Crippen LogP contribution >= 0.6 is 0 Å². The lowest BCUT2D eigenvalue weighted by Crippen LogP contribution is -2.17. The molecule has 0 N–H and O–H groups in total. The van der Waals surface area contributed by atoms with Crippen LogP contribution in [0.3, 0.4) is 0 Å². The molecule has 0 bridgehead atoms. The quantitative estimate of drug-likeness (QED) is 0.0950. The zero-order valence-corrected chi connectivity index (χ0v) is 34.7. The molecule has 0 aromatic heterocycles. The normalized spacial score (nSPS) is 14.6. The molecule has 296 valence electrons. The van der Waals surface area contributed by atoms with Gasteiger partial charge in [-0.25, -0.2) is 0 Å². The van der Waals surface area contributed by atoms with Gasteiger partial charge in [-0.1, -0.05) is 171 Å². The highest BCUT2D eigenvalue weighted by Crippen LogP contribution is 2.46. The van der Waals surface area contributed by atoms with E-state index in [0.29, 0.717) is 5.92 Å². The Morgan fingerprint density at radius 3 is 1.92 bits per heavy atom. The Balaban J connectivity index is 1.11. The van der Waals surface area contributed by atoms with Gasteiger partial charge in [0, 0.05) is 39.6 Å². The molecule has 1 unspecified atom stereocenters. The van der Waals surface area contributed by atoms with Crippen LogP contribution in [0.25, 0.3) is 55.6 Å². The van der Waals surface area contributed by atoms with Crippen molar-refractivity contribution in [3.05, 3.63) is 260 Å². The summed E-state index contributed by atoms with van der Waals surface area (Å²) in [6, 6.07) is 58.9. The Bertz CT molecular complexity index is 3210. The van der Waals surface area contributed by atoms with Crippen LogP contribution in [-0.2, 0) is 0 Å². The fourth-order valence-corrected chi connectivity index (χ4v) is 9.25. The fourth-order valence-electron chi connectivity index (χ4n) is 9.25. The van der Waals surface area contributed by atoms with Crippen molar-refractivity contribution in [2.75, 3.05) is 9.80 Å². The number of para-hydroxylation sites is 2. The molecule has 1 atom stereocenters. The average Bonchev–Trinajstić information content (AvgIpc) is 3.33. The first-order chi connectivity index (χ1) is 30.6. The van der Waals surface area contributed by atoms with Crippen LogP contribution in [-0.4, -0.2) is 0 Å².